The topological polar surface area (TPSA) is 86.6 Å². The van der Waals surface area contributed by atoms with Gasteiger partial charge in [-0.15, -0.1) is 0 Å². The van der Waals surface area contributed by atoms with Crippen LogP contribution in [0.15, 0.2) is 28.7 Å². The van der Waals surface area contributed by atoms with Gasteiger partial charge in [-0.05, 0) is 55.8 Å². The smallest absolute Gasteiger partial charge is 0.290 e. The molecular formula is C15H15NO4S. The number of amides is 2. The van der Waals surface area contributed by atoms with Gasteiger partial charge in [-0.1, -0.05) is 11.6 Å². The predicted molar refractivity (Wildman–Crippen MR) is 82.0 cm³/mol. The molecule has 1 aromatic rings. The molecule has 110 valence electrons. The maximum absolute atomic E-state index is 11.4. The minimum atomic E-state index is -0.474. The van der Waals surface area contributed by atoms with E-state index in [-0.39, 0.29) is 16.4 Å². The highest BCUT2D eigenvalue weighted by Crippen LogP contribution is 2.32. The molecule has 3 N–H and O–H groups in total. The van der Waals surface area contributed by atoms with Crippen molar-refractivity contribution < 1.29 is 19.8 Å². The van der Waals surface area contributed by atoms with E-state index in [2.05, 4.69) is 5.32 Å². The van der Waals surface area contributed by atoms with Crippen LogP contribution in [0.25, 0.3) is 6.08 Å². The molecule has 1 heterocycles. The molecule has 0 saturated carbocycles. The number of thioether (sulfide) groups is 1. The number of carbonyl (C=O) groups excluding carboxylic acids is 2. The Kier molecular flexibility index (Phi) is 4.37. The number of hydrogen-bond acceptors (Lipinski definition) is 5. The number of nitrogens with one attached hydrogen (secondary N) is 1. The summed E-state index contributed by atoms with van der Waals surface area (Å²) in [5, 5.41) is 21.7. The maximum atomic E-state index is 11.4. The monoisotopic (exact) mass is 305 g/mol. The van der Waals surface area contributed by atoms with E-state index in [4.69, 9.17) is 0 Å². The largest absolute Gasteiger partial charge is 0.507 e. The molecule has 1 fully saturated rings. The zero-order valence-electron chi connectivity index (χ0n) is 11.6. The van der Waals surface area contributed by atoms with Crippen molar-refractivity contribution in [3.8, 4) is 11.5 Å². The summed E-state index contributed by atoms with van der Waals surface area (Å²) in [4.78, 5) is 22.8. The number of phenols is 2. The summed E-state index contributed by atoms with van der Waals surface area (Å²) in [5.74, 6) is -0.569. The summed E-state index contributed by atoms with van der Waals surface area (Å²) in [6.45, 7) is 3.86. The summed E-state index contributed by atoms with van der Waals surface area (Å²) in [5.41, 5.74) is 1.97. The summed E-state index contributed by atoms with van der Waals surface area (Å²) in [6.07, 6.45) is 3.77. The van der Waals surface area contributed by atoms with Gasteiger partial charge in [0, 0.05) is 5.56 Å². The molecule has 0 bridgehead atoms. The SMILES string of the molecule is CC(C)=CCc1c(O)cc(/C=C2\SC(=O)NC2=O)cc1O. The van der Waals surface area contributed by atoms with E-state index in [0.29, 0.717) is 17.5 Å². The van der Waals surface area contributed by atoms with Crippen LogP contribution in [0.2, 0.25) is 0 Å². The number of imide groups is 1. The average Bonchev–Trinajstić information content (AvgIpc) is 2.66. The van der Waals surface area contributed by atoms with Crippen LogP contribution in [-0.2, 0) is 11.2 Å². The first-order valence-electron chi connectivity index (χ1n) is 6.30. The van der Waals surface area contributed by atoms with Crippen LogP contribution in [0.1, 0.15) is 25.0 Å². The van der Waals surface area contributed by atoms with Crippen molar-refractivity contribution >= 4 is 29.0 Å². The number of carbonyl (C=O) groups is 2. The first-order chi connectivity index (χ1) is 9.86. The van der Waals surface area contributed by atoms with Gasteiger partial charge in [-0.3, -0.25) is 14.9 Å². The highest BCUT2D eigenvalue weighted by atomic mass is 32.2. The third-order valence-electron chi connectivity index (χ3n) is 2.88. The predicted octanol–water partition coefficient (Wildman–Crippen LogP) is 2.93. The molecule has 2 rings (SSSR count). The fourth-order valence-electron chi connectivity index (χ4n) is 1.83. The molecule has 0 aromatic heterocycles. The Morgan fingerprint density at radius 2 is 1.86 bits per heavy atom. The van der Waals surface area contributed by atoms with Crippen molar-refractivity contribution in [1.82, 2.24) is 5.32 Å². The Balaban J connectivity index is 2.32. The molecule has 0 spiro atoms. The molecular weight excluding hydrogens is 290 g/mol. The molecule has 0 unspecified atom stereocenters. The second kappa shape index (κ2) is 6.05. The van der Waals surface area contributed by atoms with Gasteiger partial charge >= 0.3 is 0 Å². The van der Waals surface area contributed by atoms with Crippen LogP contribution in [0.3, 0.4) is 0 Å². The molecule has 0 atom stereocenters. The number of aromatic hydroxyl groups is 2. The molecule has 1 aliphatic heterocycles. The molecule has 6 heteroatoms. The van der Waals surface area contributed by atoms with E-state index in [1.54, 1.807) is 0 Å². The van der Waals surface area contributed by atoms with Gasteiger partial charge in [-0.25, -0.2) is 0 Å². The Labute approximate surface area is 126 Å². The quantitative estimate of drug-likeness (QED) is 0.590. The number of allylic oxidation sites excluding steroid dienone is 2. The van der Waals surface area contributed by atoms with Gasteiger partial charge in [0.15, 0.2) is 0 Å². The van der Waals surface area contributed by atoms with Crippen molar-refractivity contribution in [1.29, 1.82) is 0 Å². The minimum Gasteiger partial charge on any atom is -0.507 e. The van der Waals surface area contributed by atoms with Gasteiger partial charge in [0.2, 0.25) is 0 Å². The van der Waals surface area contributed by atoms with Gasteiger partial charge in [0.25, 0.3) is 11.1 Å². The number of hydrogen-bond donors (Lipinski definition) is 3. The third kappa shape index (κ3) is 3.66. The van der Waals surface area contributed by atoms with Crippen LogP contribution in [0.4, 0.5) is 4.79 Å². The molecule has 0 radical (unpaired) electrons. The van der Waals surface area contributed by atoms with Gasteiger partial charge in [0.1, 0.15) is 11.5 Å². The van der Waals surface area contributed by atoms with Crippen molar-refractivity contribution in [3.05, 3.63) is 39.8 Å². The van der Waals surface area contributed by atoms with E-state index in [9.17, 15) is 19.8 Å². The Morgan fingerprint density at radius 3 is 2.33 bits per heavy atom. The molecule has 1 saturated heterocycles. The summed E-state index contributed by atoms with van der Waals surface area (Å²) in [6, 6.07) is 2.91. The zero-order valence-corrected chi connectivity index (χ0v) is 12.5. The molecule has 1 aliphatic rings. The van der Waals surface area contributed by atoms with E-state index < -0.39 is 11.1 Å². The average molecular weight is 305 g/mol. The molecule has 21 heavy (non-hydrogen) atoms. The molecule has 0 aliphatic carbocycles. The van der Waals surface area contributed by atoms with Crippen LogP contribution in [0.5, 0.6) is 11.5 Å². The lowest BCUT2D eigenvalue weighted by Crippen LogP contribution is -2.17. The summed E-state index contributed by atoms with van der Waals surface area (Å²) in [7, 11) is 0. The highest BCUT2D eigenvalue weighted by Gasteiger charge is 2.25. The normalized spacial score (nSPS) is 16.2. The molecule has 5 nitrogen and oxygen atoms in total. The van der Waals surface area contributed by atoms with Crippen molar-refractivity contribution in [3.63, 3.8) is 0 Å². The van der Waals surface area contributed by atoms with Crippen LogP contribution >= 0.6 is 11.8 Å². The first kappa shape index (κ1) is 15.2. The van der Waals surface area contributed by atoms with Crippen molar-refractivity contribution in [2.24, 2.45) is 0 Å². The second-order valence-corrected chi connectivity index (χ2v) is 5.89. The number of phenolic OH excluding ortho intramolecular Hbond substituents is 2. The van der Waals surface area contributed by atoms with E-state index in [1.807, 2.05) is 19.9 Å². The summed E-state index contributed by atoms with van der Waals surface area (Å²) < 4.78 is 0. The maximum Gasteiger partial charge on any atom is 0.290 e. The second-order valence-electron chi connectivity index (χ2n) is 4.88. The van der Waals surface area contributed by atoms with Gasteiger partial charge < -0.3 is 10.2 Å². The van der Waals surface area contributed by atoms with E-state index >= 15 is 0 Å². The Morgan fingerprint density at radius 1 is 1.24 bits per heavy atom. The van der Waals surface area contributed by atoms with Crippen molar-refractivity contribution in [2.45, 2.75) is 20.3 Å². The van der Waals surface area contributed by atoms with Crippen LogP contribution in [0, 0.1) is 0 Å². The highest BCUT2D eigenvalue weighted by molar-refractivity contribution is 8.18. The summed E-state index contributed by atoms with van der Waals surface area (Å²) >= 11 is 0.787. The van der Waals surface area contributed by atoms with Crippen molar-refractivity contribution in [2.75, 3.05) is 0 Å². The molecule has 2 amide bonds. The number of benzene rings is 1. The Hall–Kier alpha value is -2.21. The Bertz CT molecular complexity index is 649. The van der Waals surface area contributed by atoms with Gasteiger partial charge in [-0.2, -0.15) is 0 Å². The van der Waals surface area contributed by atoms with E-state index in [1.165, 1.54) is 18.2 Å². The lowest BCUT2D eigenvalue weighted by molar-refractivity contribution is -0.115. The third-order valence-corrected chi connectivity index (χ3v) is 3.69. The standard InChI is InChI=1S/C15H15NO4S/c1-8(2)3-4-10-11(17)5-9(6-12(10)18)7-13-14(19)16-15(20)21-13/h3,5-7,17-18H,4H2,1-2H3,(H,16,19,20)/b13-7-. The zero-order chi connectivity index (χ0) is 15.6. The van der Waals surface area contributed by atoms with Gasteiger partial charge in [0.05, 0.1) is 4.91 Å². The minimum absolute atomic E-state index is 0.0471. The first-order valence-corrected chi connectivity index (χ1v) is 7.11. The number of rotatable bonds is 3. The van der Waals surface area contributed by atoms with E-state index in [0.717, 1.165) is 17.3 Å². The fraction of sp³-hybridized carbons (Fsp3) is 0.200. The lowest BCUT2D eigenvalue weighted by atomic mass is 10.0. The van der Waals surface area contributed by atoms with Crippen LogP contribution < -0.4 is 5.32 Å². The lowest BCUT2D eigenvalue weighted by Gasteiger charge is -2.07. The molecule has 1 aromatic carbocycles. The van der Waals surface area contributed by atoms with Crippen LogP contribution in [-0.4, -0.2) is 21.4 Å². The fourth-order valence-corrected chi connectivity index (χ4v) is 2.52.